The fourth-order valence-electron chi connectivity index (χ4n) is 3.31. The Bertz CT molecular complexity index is 999. The zero-order valence-corrected chi connectivity index (χ0v) is 16.3. The van der Waals surface area contributed by atoms with Gasteiger partial charge in [0.15, 0.2) is 11.5 Å². The van der Waals surface area contributed by atoms with Gasteiger partial charge >= 0.3 is 0 Å². The molecule has 28 heavy (non-hydrogen) atoms. The van der Waals surface area contributed by atoms with Crippen LogP contribution in [0.15, 0.2) is 30.3 Å². The highest BCUT2D eigenvalue weighted by molar-refractivity contribution is 6.31. The van der Waals surface area contributed by atoms with Crippen LogP contribution >= 0.6 is 11.6 Å². The maximum atomic E-state index is 12.4. The molecule has 2 aromatic heterocycles. The van der Waals surface area contributed by atoms with Crippen molar-refractivity contribution < 1.29 is 9.53 Å². The van der Waals surface area contributed by atoms with Gasteiger partial charge < -0.3 is 15.0 Å². The molecule has 0 atom stereocenters. The SMILES string of the molecule is COc1ccc(Cl)cc1NC(=O)CCc1nnc2ccc(N3CCCC3)nn12. The van der Waals surface area contributed by atoms with Gasteiger partial charge in [0.2, 0.25) is 5.91 Å². The molecule has 0 saturated carbocycles. The number of halogens is 1. The number of anilines is 2. The van der Waals surface area contributed by atoms with Gasteiger partial charge in [-0.05, 0) is 43.2 Å². The summed E-state index contributed by atoms with van der Waals surface area (Å²) in [7, 11) is 1.55. The molecule has 146 valence electrons. The van der Waals surface area contributed by atoms with Gasteiger partial charge in [-0.2, -0.15) is 4.52 Å². The number of benzene rings is 1. The molecular weight excluding hydrogens is 380 g/mol. The van der Waals surface area contributed by atoms with E-state index < -0.39 is 0 Å². The van der Waals surface area contributed by atoms with Crippen LogP contribution in [0.3, 0.4) is 0 Å². The Morgan fingerprint density at radius 1 is 1.21 bits per heavy atom. The molecule has 1 fully saturated rings. The van der Waals surface area contributed by atoms with Crippen molar-refractivity contribution in [2.45, 2.75) is 25.7 Å². The molecule has 0 bridgehead atoms. The summed E-state index contributed by atoms with van der Waals surface area (Å²) < 4.78 is 6.98. The summed E-state index contributed by atoms with van der Waals surface area (Å²) in [6.45, 7) is 2.03. The fraction of sp³-hybridized carbons (Fsp3) is 0.368. The lowest BCUT2D eigenvalue weighted by Gasteiger charge is -2.15. The summed E-state index contributed by atoms with van der Waals surface area (Å²) in [5.74, 6) is 1.97. The average Bonchev–Trinajstić information content (AvgIpc) is 3.36. The molecular formula is C19H21ClN6O2. The smallest absolute Gasteiger partial charge is 0.224 e. The summed E-state index contributed by atoms with van der Waals surface area (Å²) in [5.41, 5.74) is 1.22. The zero-order valence-electron chi connectivity index (χ0n) is 15.6. The molecule has 0 unspecified atom stereocenters. The highest BCUT2D eigenvalue weighted by Gasteiger charge is 2.16. The lowest BCUT2D eigenvalue weighted by atomic mass is 10.2. The predicted octanol–water partition coefficient (Wildman–Crippen LogP) is 2.96. The van der Waals surface area contributed by atoms with Crippen LogP contribution < -0.4 is 15.0 Å². The summed E-state index contributed by atoms with van der Waals surface area (Å²) in [6.07, 6.45) is 3.03. The number of ether oxygens (including phenoxy) is 1. The Morgan fingerprint density at radius 3 is 2.82 bits per heavy atom. The van der Waals surface area contributed by atoms with E-state index >= 15 is 0 Å². The van der Waals surface area contributed by atoms with Crippen LogP contribution in [0.1, 0.15) is 25.1 Å². The molecule has 3 heterocycles. The topological polar surface area (TPSA) is 84.6 Å². The lowest BCUT2D eigenvalue weighted by molar-refractivity contribution is -0.116. The van der Waals surface area contributed by atoms with Crippen molar-refractivity contribution in [3.63, 3.8) is 0 Å². The molecule has 1 aliphatic rings. The van der Waals surface area contributed by atoms with Crippen LogP contribution in [0.2, 0.25) is 5.02 Å². The molecule has 1 amide bonds. The third kappa shape index (κ3) is 3.87. The van der Waals surface area contributed by atoms with Gasteiger partial charge in [0.1, 0.15) is 11.6 Å². The number of aryl methyl sites for hydroxylation is 1. The molecule has 0 aliphatic carbocycles. The van der Waals surface area contributed by atoms with Crippen molar-refractivity contribution in [3.8, 4) is 5.75 Å². The van der Waals surface area contributed by atoms with E-state index in [-0.39, 0.29) is 12.3 Å². The van der Waals surface area contributed by atoms with Gasteiger partial charge in [-0.1, -0.05) is 11.6 Å². The molecule has 1 saturated heterocycles. The Morgan fingerprint density at radius 2 is 2.04 bits per heavy atom. The van der Waals surface area contributed by atoms with E-state index in [1.807, 2.05) is 12.1 Å². The van der Waals surface area contributed by atoms with Crippen molar-refractivity contribution in [1.82, 2.24) is 19.8 Å². The number of amides is 1. The maximum Gasteiger partial charge on any atom is 0.224 e. The lowest BCUT2D eigenvalue weighted by Crippen LogP contribution is -2.20. The monoisotopic (exact) mass is 400 g/mol. The molecule has 3 aromatic rings. The summed E-state index contributed by atoms with van der Waals surface area (Å²) >= 11 is 6.01. The van der Waals surface area contributed by atoms with Gasteiger partial charge in [0.05, 0.1) is 12.8 Å². The quantitative estimate of drug-likeness (QED) is 0.684. The fourth-order valence-corrected chi connectivity index (χ4v) is 3.48. The van der Waals surface area contributed by atoms with E-state index in [9.17, 15) is 4.79 Å². The second kappa shape index (κ2) is 8.02. The minimum Gasteiger partial charge on any atom is -0.495 e. The number of nitrogens with one attached hydrogen (secondary N) is 1. The average molecular weight is 401 g/mol. The standard InChI is InChI=1S/C19H21ClN6O2/c1-28-15-5-4-13(20)12-14(15)21-19(27)9-8-17-23-22-16-6-7-18(24-26(16)17)25-10-2-3-11-25/h4-7,12H,2-3,8-11H2,1H3,(H,21,27). The van der Waals surface area contributed by atoms with Gasteiger partial charge in [0.25, 0.3) is 0 Å². The van der Waals surface area contributed by atoms with Gasteiger partial charge in [-0.15, -0.1) is 15.3 Å². The zero-order chi connectivity index (χ0) is 19.5. The van der Waals surface area contributed by atoms with Crippen molar-refractivity contribution in [3.05, 3.63) is 41.2 Å². The first kappa shape index (κ1) is 18.5. The predicted molar refractivity (Wildman–Crippen MR) is 107 cm³/mol. The van der Waals surface area contributed by atoms with Crippen molar-refractivity contribution in [1.29, 1.82) is 0 Å². The third-order valence-corrected chi connectivity index (χ3v) is 4.99. The van der Waals surface area contributed by atoms with E-state index in [4.69, 9.17) is 16.3 Å². The van der Waals surface area contributed by atoms with Crippen LogP contribution in [0, 0.1) is 0 Å². The minimum absolute atomic E-state index is 0.159. The van der Waals surface area contributed by atoms with Crippen molar-refractivity contribution in [2.75, 3.05) is 30.4 Å². The number of aromatic nitrogens is 4. The van der Waals surface area contributed by atoms with Crippen LogP contribution in [-0.4, -0.2) is 45.9 Å². The Labute approximate surface area is 167 Å². The van der Waals surface area contributed by atoms with Gasteiger partial charge in [-0.25, -0.2) is 0 Å². The first-order valence-electron chi connectivity index (χ1n) is 9.24. The number of carbonyl (C=O) groups is 1. The van der Waals surface area contributed by atoms with Gasteiger partial charge in [-0.3, -0.25) is 4.79 Å². The second-order valence-electron chi connectivity index (χ2n) is 6.66. The van der Waals surface area contributed by atoms with Crippen LogP contribution in [0.25, 0.3) is 5.65 Å². The maximum absolute atomic E-state index is 12.4. The second-order valence-corrected chi connectivity index (χ2v) is 7.10. The number of hydrogen-bond acceptors (Lipinski definition) is 6. The van der Waals surface area contributed by atoms with Crippen molar-refractivity contribution >= 4 is 34.7 Å². The molecule has 1 N–H and O–H groups in total. The van der Waals surface area contributed by atoms with E-state index in [0.717, 1.165) is 18.9 Å². The highest BCUT2D eigenvalue weighted by atomic mass is 35.5. The molecule has 8 nitrogen and oxygen atoms in total. The molecule has 4 rings (SSSR count). The number of fused-ring (bicyclic) bond motifs is 1. The first-order valence-corrected chi connectivity index (χ1v) is 9.61. The summed E-state index contributed by atoms with van der Waals surface area (Å²) in [5, 5.41) is 16.4. The Kier molecular flexibility index (Phi) is 5.29. The normalized spacial score (nSPS) is 13.9. The Hall–Kier alpha value is -2.87. The largest absolute Gasteiger partial charge is 0.495 e. The number of methoxy groups -OCH3 is 1. The van der Waals surface area contributed by atoms with E-state index in [1.54, 1.807) is 29.8 Å². The van der Waals surface area contributed by atoms with Crippen LogP contribution in [0.4, 0.5) is 11.5 Å². The summed E-state index contributed by atoms with van der Waals surface area (Å²) in [4.78, 5) is 14.7. The van der Waals surface area contributed by atoms with E-state index in [1.165, 1.54) is 12.8 Å². The molecule has 1 aliphatic heterocycles. The minimum atomic E-state index is -0.159. The van der Waals surface area contributed by atoms with E-state index in [0.29, 0.717) is 34.4 Å². The molecule has 0 radical (unpaired) electrons. The molecule has 0 spiro atoms. The molecule has 9 heteroatoms. The number of carbonyl (C=O) groups excluding carboxylic acids is 1. The van der Waals surface area contributed by atoms with Gasteiger partial charge in [0, 0.05) is 31.0 Å². The highest BCUT2D eigenvalue weighted by Crippen LogP contribution is 2.27. The number of rotatable bonds is 6. The summed E-state index contributed by atoms with van der Waals surface area (Å²) in [6, 6.07) is 8.97. The Balaban J connectivity index is 1.45. The first-order chi connectivity index (χ1) is 13.6. The number of hydrogen-bond donors (Lipinski definition) is 1. The van der Waals surface area contributed by atoms with Crippen LogP contribution in [-0.2, 0) is 11.2 Å². The van der Waals surface area contributed by atoms with Crippen LogP contribution in [0.5, 0.6) is 5.75 Å². The molecule has 1 aromatic carbocycles. The number of nitrogens with zero attached hydrogens (tertiary/aromatic N) is 5. The van der Waals surface area contributed by atoms with Crippen molar-refractivity contribution in [2.24, 2.45) is 0 Å². The van der Waals surface area contributed by atoms with E-state index in [2.05, 4.69) is 25.5 Å². The third-order valence-electron chi connectivity index (χ3n) is 4.75.